The van der Waals surface area contributed by atoms with E-state index in [4.69, 9.17) is 9.63 Å². The number of carboxylic acid groups (broad SMARTS) is 1. The molecule has 2 heterocycles. The number of aromatic nitrogens is 3. The van der Waals surface area contributed by atoms with Gasteiger partial charge in [0, 0.05) is 5.56 Å². The highest BCUT2D eigenvalue weighted by atomic mass is 16.5. The molecule has 3 N–H and O–H groups in total. The molecule has 0 bridgehead atoms. The molecule has 3 rings (SSSR count). The summed E-state index contributed by atoms with van der Waals surface area (Å²) >= 11 is 0. The smallest absolute Gasteiger partial charge is 0.404 e. The van der Waals surface area contributed by atoms with Crippen LogP contribution in [-0.4, -0.2) is 26.3 Å². The quantitative estimate of drug-likeness (QED) is 0.678. The van der Waals surface area contributed by atoms with Crippen molar-refractivity contribution in [3.63, 3.8) is 0 Å². The summed E-state index contributed by atoms with van der Waals surface area (Å²) in [5.74, 6) is 0.644. The first-order valence-electron chi connectivity index (χ1n) is 6.00. The molecule has 0 atom stereocenters. The van der Waals surface area contributed by atoms with E-state index >= 15 is 0 Å². The Morgan fingerprint density at radius 1 is 1.50 bits per heavy atom. The second-order valence-electron chi connectivity index (χ2n) is 4.35. The third-order valence-corrected chi connectivity index (χ3v) is 3.05. The largest absolute Gasteiger partial charge is 0.465 e. The van der Waals surface area contributed by atoms with Gasteiger partial charge >= 0.3 is 6.09 Å². The maximum atomic E-state index is 10.6. The van der Waals surface area contributed by atoms with Gasteiger partial charge in [-0.15, -0.1) is 0 Å². The third-order valence-electron chi connectivity index (χ3n) is 3.05. The summed E-state index contributed by atoms with van der Waals surface area (Å²) < 4.78 is 5.17. The van der Waals surface area contributed by atoms with Gasteiger partial charge in [-0.3, -0.25) is 0 Å². The van der Waals surface area contributed by atoms with Gasteiger partial charge in [-0.25, -0.2) is 9.78 Å². The summed E-state index contributed by atoms with van der Waals surface area (Å²) in [6.45, 7) is 1.90. The van der Waals surface area contributed by atoms with Crippen molar-refractivity contribution >= 4 is 17.1 Å². The van der Waals surface area contributed by atoms with Gasteiger partial charge in [-0.1, -0.05) is 11.2 Å². The average molecular weight is 272 g/mol. The number of nitrogens with zero attached hydrogens (tertiary/aromatic N) is 2. The Labute approximate surface area is 113 Å². The monoisotopic (exact) mass is 272 g/mol. The van der Waals surface area contributed by atoms with Gasteiger partial charge < -0.3 is 19.9 Å². The van der Waals surface area contributed by atoms with Crippen LogP contribution in [-0.2, 0) is 6.54 Å². The molecule has 0 spiro atoms. The average Bonchev–Trinajstić information content (AvgIpc) is 3.01. The molecule has 7 nitrogen and oxygen atoms in total. The molecule has 0 aliphatic carbocycles. The van der Waals surface area contributed by atoms with Crippen molar-refractivity contribution in [3.8, 4) is 11.1 Å². The number of aryl methyl sites for hydroxylation is 1. The lowest BCUT2D eigenvalue weighted by Crippen LogP contribution is -2.20. The lowest BCUT2D eigenvalue weighted by Gasteiger charge is -2.03. The Kier molecular flexibility index (Phi) is 2.86. The number of fused-ring (bicyclic) bond motifs is 1. The molecule has 0 aliphatic rings. The van der Waals surface area contributed by atoms with E-state index in [9.17, 15) is 4.79 Å². The Bertz CT molecular complexity index is 775. The molecule has 0 saturated heterocycles. The number of nitrogens with one attached hydrogen (secondary N) is 2. The number of amides is 1. The Morgan fingerprint density at radius 3 is 3.15 bits per heavy atom. The van der Waals surface area contributed by atoms with Gasteiger partial charge in [-0.05, 0) is 24.6 Å². The molecule has 0 fully saturated rings. The lowest BCUT2D eigenvalue weighted by atomic mass is 10.0. The van der Waals surface area contributed by atoms with Crippen molar-refractivity contribution in [2.45, 2.75) is 13.5 Å². The predicted molar refractivity (Wildman–Crippen MR) is 71.2 cm³/mol. The van der Waals surface area contributed by atoms with Crippen molar-refractivity contribution in [1.82, 2.24) is 20.4 Å². The summed E-state index contributed by atoms with van der Waals surface area (Å²) in [5, 5.41) is 14.9. The van der Waals surface area contributed by atoms with Gasteiger partial charge in [-0.2, -0.15) is 0 Å². The minimum atomic E-state index is -1.10. The fraction of sp³-hybridized carbons (Fsp3) is 0.154. The molecule has 102 valence electrons. The minimum absolute atomic E-state index is 0.100. The van der Waals surface area contributed by atoms with Crippen LogP contribution in [0.25, 0.3) is 22.2 Å². The molecule has 0 radical (unpaired) electrons. The second kappa shape index (κ2) is 4.69. The van der Waals surface area contributed by atoms with Crippen LogP contribution >= 0.6 is 0 Å². The van der Waals surface area contributed by atoms with Gasteiger partial charge in [0.05, 0.1) is 23.9 Å². The molecule has 7 heteroatoms. The SMILES string of the molecule is Cc1onc(CNC(=O)O)c1-c1ccc2nc[nH]c2c1. The highest BCUT2D eigenvalue weighted by Crippen LogP contribution is 2.29. The first-order chi connectivity index (χ1) is 9.65. The number of benzene rings is 1. The topological polar surface area (TPSA) is 104 Å². The molecule has 3 aromatic rings. The summed E-state index contributed by atoms with van der Waals surface area (Å²) in [5.41, 5.74) is 4.04. The first kappa shape index (κ1) is 12.2. The number of carbonyl (C=O) groups is 1. The van der Waals surface area contributed by atoms with E-state index in [1.807, 2.05) is 18.2 Å². The number of hydrogen-bond acceptors (Lipinski definition) is 4. The van der Waals surface area contributed by atoms with E-state index in [2.05, 4.69) is 20.4 Å². The molecule has 0 aliphatic heterocycles. The molecule has 0 unspecified atom stereocenters. The molecular weight excluding hydrogens is 260 g/mol. The van der Waals surface area contributed by atoms with Crippen LogP contribution in [0.2, 0.25) is 0 Å². The van der Waals surface area contributed by atoms with E-state index in [0.29, 0.717) is 11.5 Å². The van der Waals surface area contributed by atoms with Crippen molar-refractivity contribution in [1.29, 1.82) is 0 Å². The zero-order valence-corrected chi connectivity index (χ0v) is 10.7. The van der Waals surface area contributed by atoms with Crippen LogP contribution < -0.4 is 5.32 Å². The summed E-state index contributed by atoms with van der Waals surface area (Å²) in [6.07, 6.45) is 0.530. The number of aromatic amines is 1. The number of H-pyrrole nitrogens is 1. The van der Waals surface area contributed by atoms with Crippen molar-refractivity contribution in [2.24, 2.45) is 0 Å². The maximum absolute atomic E-state index is 10.6. The number of hydrogen-bond donors (Lipinski definition) is 3. The summed E-state index contributed by atoms with van der Waals surface area (Å²) in [4.78, 5) is 17.8. The third kappa shape index (κ3) is 2.09. The molecule has 0 saturated carbocycles. The Hall–Kier alpha value is -2.83. The van der Waals surface area contributed by atoms with Crippen LogP contribution in [0.15, 0.2) is 29.0 Å². The minimum Gasteiger partial charge on any atom is -0.465 e. The van der Waals surface area contributed by atoms with Crippen molar-refractivity contribution in [3.05, 3.63) is 36.0 Å². The fourth-order valence-corrected chi connectivity index (χ4v) is 2.16. The summed E-state index contributed by atoms with van der Waals surface area (Å²) in [7, 11) is 0. The van der Waals surface area contributed by atoms with E-state index in [1.165, 1.54) is 0 Å². The van der Waals surface area contributed by atoms with E-state index in [1.54, 1.807) is 13.3 Å². The highest BCUT2D eigenvalue weighted by molar-refractivity contribution is 5.82. The predicted octanol–water partition coefficient (Wildman–Crippen LogP) is 2.29. The van der Waals surface area contributed by atoms with E-state index in [0.717, 1.165) is 22.2 Å². The normalized spacial score (nSPS) is 10.8. The van der Waals surface area contributed by atoms with Gasteiger partial charge in [0.25, 0.3) is 0 Å². The zero-order valence-electron chi connectivity index (χ0n) is 10.7. The van der Waals surface area contributed by atoms with Crippen LogP contribution in [0.3, 0.4) is 0 Å². The van der Waals surface area contributed by atoms with Gasteiger partial charge in [0.2, 0.25) is 0 Å². The second-order valence-corrected chi connectivity index (χ2v) is 4.35. The Balaban J connectivity index is 2.03. The maximum Gasteiger partial charge on any atom is 0.404 e. The highest BCUT2D eigenvalue weighted by Gasteiger charge is 2.16. The van der Waals surface area contributed by atoms with Crippen LogP contribution in [0, 0.1) is 6.92 Å². The van der Waals surface area contributed by atoms with E-state index in [-0.39, 0.29) is 6.54 Å². The number of rotatable bonds is 3. The van der Waals surface area contributed by atoms with Gasteiger partial charge in [0.1, 0.15) is 11.5 Å². The zero-order chi connectivity index (χ0) is 14.1. The molecular formula is C13H12N4O3. The molecule has 1 amide bonds. The fourth-order valence-electron chi connectivity index (χ4n) is 2.16. The number of imidazole rings is 1. The van der Waals surface area contributed by atoms with Crippen LogP contribution in [0.5, 0.6) is 0 Å². The van der Waals surface area contributed by atoms with Crippen LogP contribution in [0.4, 0.5) is 4.79 Å². The molecule has 20 heavy (non-hydrogen) atoms. The summed E-state index contributed by atoms with van der Waals surface area (Å²) in [6, 6.07) is 5.74. The molecule has 2 aromatic heterocycles. The van der Waals surface area contributed by atoms with Crippen molar-refractivity contribution in [2.75, 3.05) is 0 Å². The standard InChI is InChI=1S/C13H12N4O3/c1-7-12(11(17-20-7)5-14-13(18)19)8-2-3-9-10(4-8)16-6-15-9/h2-4,6,14H,5H2,1H3,(H,15,16)(H,18,19). The molecule has 1 aromatic carbocycles. The Morgan fingerprint density at radius 2 is 2.35 bits per heavy atom. The van der Waals surface area contributed by atoms with Crippen molar-refractivity contribution < 1.29 is 14.4 Å². The van der Waals surface area contributed by atoms with E-state index < -0.39 is 6.09 Å². The first-order valence-corrected chi connectivity index (χ1v) is 6.00. The van der Waals surface area contributed by atoms with Gasteiger partial charge in [0.15, 0.2) is 0 Å². The lowest BCUT2D eigenvalue weighted by molar-refractivity contribution is 0.193. The van der Waals surface area contributed by atoms with Crippen LogP contribution in [0.1, 0.15) is 11.5 Å².